The monoisotopic (exact) mass is 1070 g/mol. The summed E-state index contributed by atoms with van der Waals surface area (Å²) in [6.07, 6.45) is 10.7. The van der Waals surface area contributed by atoms with Crippen LogP contribution in [0.4, 0.5) is 0 Å². The van der Waals surface area contributed by atoms with E-state index in [-0.39, 0.29) is 23.6 Å². The van der Waals surface area contributed by atoms with E-state index >= 15 is 0 Å². The molecule has 16 nitrogen and oxygen atoms in total. The Hall–Kier alpha value is -9.44. The molecule has 0 fully saturated rings. The van der Waals surface area contributed by atoms with Crippen molar-refractivity contribution in [1.29, 1.82) is 0 Å². The van der Waals surface area contributed by atoms with E-state index in [2.05, 4.69) is 55.5 Å². The Morgan fingerprint density at radius 3 is 0.825 bits per heavy atom. The number of nitrogens with zero attached hydrogens (tertiary/aromatic N) is 2. The van der Waals surface area contributed by atoms with E-state index in [1.807, 2.05) is 121 Å². The molecule has 4 amide bonds. The summed E-state index contributed by atoms with van der Waals surface area (Å²) in [4.78, 5) is 64.9. The molecule has 80 heavy (non-hydrogen) atoms. The molecular weight excluding hydrogens is 1010 g/mol. The van der Waals surface area contributed by atoms with E-state index in [0.717, 1.165) is 66.6 Å². The van der Waals surface area contributed by atoms with Gasteiger partial charge in [0.25, 0.3) is 0 Å². The van der Waals surface area contributed by atoms with Gasteiger partial charge in [-0.1, -0.05) is 48.5 Å². The Labute approximate surface area is 465 Å². The van der Waals surface area contributed by atoms with Gasteiger partial charge in [-0.05, 0) is 145 Å². The first-order valence-corrected chi connectivity index (χ1v) is 27.0. The normalized spacial score (nSPS) is 11.4. The number of aromatic amines is 2. The molecule has 410 valence electrons. The van der Waals surface area contributed by atoms with Crippen LogP contribution in [-0.2, 0) is 19.2 Å². The van der Waals surface area contributed by atoms with E-state index < -0.39 is 0 Å². The van der Waals surface area contributed by atoms with Gasteiger partial charge in [-0.25, -0.2) is 9.97 Å². The highest BCUT2D eigenvalue weighted by Crippen LogP contribution is 2.40. The van der Waals surface area contributed by atoms with Crippen LogP contribution in [0.5, 0.6) is 23.0 Å². The highest BCUT2D eigenvalue weighted by molar-refractivity contribution is 6.00. The van der Waals surface area contributed by atoms with Gasteiger partial charge in [0.15, 0.2) is 0 Å². The molecule has 2 aliphatic rings. The number of H-pyrrole nitrogens is 2. The van der Waals surface area contributed by atoms with Crippen LogP contribution in [0.25, 0.3) is 90.9 Å². The van der Waals surface area contributed by atoms with Crippen LogP contribution in [0.1, 0.15) is 76.2 Å². The number of carbonyl (C=O) groups is 4. The summed E-state index contributed by atoms with van der Waals surface area (Å²) in [7, 11) is 0. The van der Waals surface area contributed by atoms with E-state index in [1.165, 1.54) is 27.7 Å². The molecule has 6 N–H and O–H groups in total. The van der Waals surface area contributed by atoms with E-state index in [1.54, 1.807) is 0 Å². The Bertz CT molecular complexity index is 3170. The van der Waals surface area contributed by atoms with Crippen LogP contribution in [0.3, 0.4) is 0 Å². The zero-order valence-electron chi connectivity index (χ0n) is 45.5. The Morgan fingerprint density at radius 2 is 0.600 bits per heavy atom. The largest absolute Gasteiger partial charge is 0.494 e. The minimum Gasteiger partial charge on any atom is -0.494 e. The third-order valence-corrected chi connectivity index (χ3v) is 13.1. The van der Waals surface area contributed by atoms with Gasteiger partial charge in [0.1, 0.15) is 23.0 Å². The van der Waals surface area contributed by atoms with Crippen LogP contribution < -0.4 is 40.2 Å². The Balaban J connectivity index is 1.27. The molecule has 0 spiro atoms. The van der Waals surface area contributed by atoms with Crippen molar-refractivity contribution < 1.29 is 38.1 Å². The molecule has 2 aliphatic heterocycles. The van der Waals surface area contributed by atoms with Crippen molar-refractivity contribution in [2.45, 2.75) is 53.4 Å². The molecule has 5 heterocycles. The van der Waals surface area contributed by atoms with Gasteiger partial charge in [0.2, 0.25) is 23.6 Å². The SMILES string of the molecule is CC(=O)NCCCOc1cccc(-c2c3nc(c(-c4cccc(OCCCNC(C)=O)c4)c4ccc([nH]4)c(-c4cccc(OCCCNC(C)=O)c4)c4nc(c(-c5cccc(OCCCNC(C)=O)c5)c5ccc2[nH]5)C=C4)C=C3)c1. The molecule has 3 aromatic heterocycles. The minimum absolute atomic E-state index is 0.0845. The third-order valence-electron chi connectivity index (χ3n) is 13.1. The number of fused-ring (bicyclic) bond motifs is 8. The van der Waals surface area contributed by atoms with Gasteiger partial charge in [0, 0.05) is 98.2 Å². The topological polar surface area (TPSA) is 211 Å². The second-order valence-corrected chi connectivity index (χ2v) is 19.4. The van der Waals surface area contributed by atoms with Crippen molar-refractivity contribution in [2.75, 3.05) is 52.6 Å². The van der Waals surface area contributed by atoms with E-state index in [4.69, 9.17) is 28.9 Å². The zero-order chi connectivity index (χ0) is 55.8. The van der Waals surface area contributed by atoms with Crippen LogP contribution >= 0.6 is 0 Å². The smallest absolute Gasteiger partial charge is 0.216 e. The summed E-state index contributed by atoms with van der Waals surface area (Å²) in [6, 6.07) is 40.1. The molecule has 0 radical (unpaired) electrons. The highest BCUT2D eigenvalue weighted by atomic mass is 16.5. The predicted molar refractivity (Wildman–Crippen MR) is 316 cm³/mol. The number of amides is 4. The average Bonchev–Trinajstić information content (AvgIpc) is 4.34. The predicted octanol–water partition coefficient (Wildman–Crippen LogP) is 10.9. The summed E-state index contributed by atoms with van der Waals surface area (Å²) in [5.74, 6) is 2.34. The molecule has 8 bridgehead atoms. The summed E-state index contributed by atoms with van der Waals surface area (Å²) >= 11 is 0. The summed E-state index contributed by atoms with van der Waals surface area (Å²) in [5, 5.41) is 11.4. The average molecular weight is 1080 g/mol. The number of hydrogen-bond donors (Lipinski definition) is 6. The first-order chi connectivity index (χ1) is 38.9. The number of ether oxygens (including phenoxy) is 4. The first kappa shape index (κ1) is 55.3. The molecule has 0 aliphatic carbocycles. The van der Waals surface area contributed by atoms with Crippen molar-refractivity contribution in [3.8, 4) is 67.5 Å². The fourth-order valence-corrected chi connectivity index (χ4v) is 9.49. The number of nitrogens with one attached hydrogen (secondary N) is 6. The van der Waals surface area contributed by atoms with Gasteiger partial charge in [-0.15, -0.1) is 0 Å². The molecular formula is C64H66N8O8. The zero-order valence-corrected chi connectivity index (χ0v) is 45.5. The number of rotatable bonds is 24. The molecule has 4 aromatic carbocycles. The number of benzene rings is 4. The highest BCUT2D eigenvalue weighted by Gasteiger charge is 2.20. The molecule has 0 unspecified atom stereocenters. The third kappa shape index (κ3) is 14.6. The molecule has 0 saturated heterocycles. The fraction of sp³-hybridized carbons (Fsp3) is 0.250. The quantitative estimate of drug-likeness (QED) is 0.0315. The van der Waals surface area contributed by atoms with Gasteiger partial charge in [0.05, 0.1) is 49.2 Å². The van der Waals surface area contributed by atoms with Crippen molar-refractivity contribution in [3.05, 3.63) is 144 Å². The first-order valence-electron chi connectivity index (χ1n) is 27.0. The minimum atomic E-state index is -0.0845. The maximum Gasteiger partial charge on any atom is 0.216 e. The van der Waals surface area contributed by atoms with Gasteiger partial charge in [-0.3, -0.25) is 19.2 Å². The standard InChI is InChI=1S/C64H66N8O8/c1-41(73)65-29-9-33-77-49-17-5-13-45(37-49)61-53-21-23-55(69-53)62(46-14-6-18-50(38-46)78-34-10-30-66-42(2)74)57-25-27-59(71-57)64(48-16-8-20-52(40-48)80-36-12-32-68-44(4)76)60-28-26-58(72-60)63(56-24-22-54(61)70-56)47-15-7-19-51(39-47)79-35-11-31-67-43(3)75/h5-8,13-28,37-40,69,72H,9-12,29-36H2,1-4H3,(H,65,73)(H,66,74)(H,67,75)(H,68,76). The summed E-state index contributed by atoms with van der Waals surface area (Å²) < 4.78 is 25.1. The lowest BCUT2D eigenvalue weighted by molar-refractivity contribution is -0.119. The lowest BCUT2D eigenvalue weighted by Gasteiger charge is -2.11. The van der Waals surface area contributed by atoms with E-state index in [0.29, 0.717) is 124 Å². The summed E-state index contributed by atoms with van der Waals surface area (Å²) in [6.45, 7) is 9.65. The summed E-state index contributed by atoms with van der Waals surface area (Å²) in [5.41, 5.74) is 12.8. The number of aromatic nitrogens is 4. The van der Waals surface area contributed by atoms with Gasteiger partial charge in [-0.2, -0.15) is 0 Å². The van der Waals surface area contributed by atoms with E-state index in [9.17, 15) is 19.2 Å². The second kappa shape index (κ2) is 26.7. The van der Waals surface area contributed by atoms with Gasteiger partial charge >= 0.3 is 0 Å². The van der Waals surface area contributed by atoms with Gasteiger partial charge < -0.3 is 50.2 Å². The lowest BCUT2D eigenvalue weighted by Crippen LogP contribution is -2.22. The Morgan fingerprint density at radius 1 is 0.362 bits per heavy atom. The Kier molecular flexibility index (Phi) is 18.5. The van der Waals surface area contributed by atoms with Crippen LogP contribution in [0.15, 0.2) is 121 Å². The lowest BCUT2D eigenvalue weighted by atomic mass is 10.0. The van der Waals surface area contributed by atoms with Crippen molar-refractivity contribution in [3.63, 3.8) is 0 Å². The molecule has 9 rings (SSSR count). The number of hydrogen-bond acceptors (Lipinski definition) is 10. The molecule has 7 aromatic rings. The molecule has 0 atom stereocenters. The maximum absolute atomic E-state index is 11.6. The second-order valence-electron chi connectivity index (χ2n) is 19.4. The van der Waals surface area contributed by atoms with Crippen LogP contribution in [0.2, 0.25) is 0 Å². The van der Waals surface area contributed by atoms with Crippen LogP contribution in [-0.4, -0.2) is 96.2 Å². The molecule has 16 heteroatoms. The number of carbonyl (C=O) groups excluding carboxylic acids is 4. The van der Waals surface area contributed by atoms with Crippen molar-refractivity contribution in [1.82, 2.24) is 41.2 Å². The van der Waals surface area contributed by atoms with Crippen molar-refractivity contribution >= 4 is 70.0 Å². The fourth-order valence-electron chi connectivity index (χ4n) is 9.49. The molecule has 0 saturated carbocycles. The maximum atomic E-state index is 11.6. The van der Waals surface area contributed by atoms with Crippen LogP contribution in [0, 0.1) is 0 Å². The van der Waals surface area contributed by atoms with Crippen molar-refractivity contribution in [2.24, 2.45) is 0 Å².